The molecule has 0 radical (unpaired) electrons. The van der Waals surface area contributed by atoms with Crippen molar-refractivity contribution in [1.29, 1.82) is 0 Å². The van der Waals surface area contributed by atoms with E-state index in [2.05, 4.69) is 39.7 Å². The molecule has 0 saturated heterocycles. The number of anilines is 2. The highest BCUT2D eigenvalue weighted by molar-refractivity contribution is 5.57. The molecule has 1 aromatic carbocycles. The number of nitrogens with one attached hydrogen (secondary N) is 2. The molecule has 0 aliphatic heterocycles. The van der Waals surface area contributed by atoms with E-state index < -0.39 is 0 Å². The van der Waals surface area contributed by atoms with Crippen molar-refractivity contribution in [2.75, 3.05) is 17.7 Å². The van der Waals surface area contributed by atoms with E-state index in [4.69, 9.17) is 0 Å². The van der Waals surface area contributed by atoms with Gasteiger partial charge in [0.15, 0.2) is 0 Å². The summed E-state index contributed by atoms with van der Waals surface area (Å²) in [5.74, 6) is 2.70. The van der Waals surface area contributed by atoms with Gasteiger partial charge in [0.25, 0.3) is 0 Å². The van der Waals surface area contributed by atoms with Crippen LogP contribution in [0.5, 0.6) is 0 Å². The zero-order valence-electron chi connectivity index (χ0n) is 12.4. The molecule has 2 rings (SSSR count). The van der Waals surface area contributed by atoms with Gasteiger partial charge in [0.1, 0.15) is 17.5 Å². The maximum absolute atomic E-state index is 4.62. The molecule has 0 saturated carbocycles. The maximum atomic E-state index is 4.62. The van der Waals surface area contributed by atoms with Crippen LogP contribution in [0, 0.1) is 6.92 Å². The quantitative estimate of drug-likeness (QED) is 0.844. The molecule has 1 heterocycles. The zero-order chi connectivity index (χ0) is 14.4. The Balaban J connectivity index is 2.19. The summed E-state index contributed by atoms with van der Waals surface area (Å²) in [6.45, 7) is 4.95. The summed E-state index contributed by atoms with van der Waals surface area (Å²) in [5.41, 5.74) is 2.30. The first-order chi connectivity index (χ1) is 9.74. The maximum Gasteiger partial charge on any atom is 0.135 e. The van der Waals surface area contributed by atoms with Gasteiger partial charge in [-0.2, -0.15) is 0 Å². The van der Waals surface area contributed by atoms with Gasteiger partial charge in [-0.25, -0.2) is 9.97 Å². The van der Waals surface area contributed by atoms with E-state index in [0.29, 0.717) is 0 Å². The topological polar surface area (TPSA) is 49.8 Å². The number of aryl methyl sites for hydroxylation is 1. The van der Waals surface area contributed by atoms with Crippen molar-refractivity contribution in [3.05, 3.63) is 47.3 Å². The average molecular weight is 270 g/mol. The van der Waals surface area contributed by atoms with Gasteiger partial charge in [-0.3, -0.25) is 0 Å². The van der Waals surface area contributed by atoms with Gasteiger partial charge in [-0.1, -0.05) is 37.3 Å². The lowest BCUT2D eigenvalue weighted by molar-refractivity contribution is 0.831. The van der Waals surface area contributed by atoms with Crippen molar-refractivity contribution in [2.24, 2.45) is 0 Å². The Morgan fingerprint density at radius 3 is 2.40 bits per heavy atom. The first-order valence-electron chi connectivity index (χ1n) is 7.07. The van der Waals surface area contributed by atoms with Crippen molar-refractivity contribution < 1.29 is 0 Å². The average Bonchev–Trinajstić information content (AvgIpc) is 2.48. The summed E-state index contributed by atoms with van der Waals surface area (Å²) in [7, 11) is 1.89. The van der Waals surface area contributed by atoms with Crippen molar-refractivity contribution >= 4 is 11.6 Å². The number of rotatable bonds is 6. The second kappa shape index (κ2) is 6.89. The number of nitrogens with zero attached hydrogens (tertiary/aromatic N) is 2. The number of hydrogen-bond acceptors (Lipinski definition) is 4. The normalized spacial score (nSPS) is 10.3. The van der Waals surface area contributed by atoms with Crippen molar-refractivity contribution in [3.8, 4) is 0 Å². The minimum absolute atomic E-state index is 0.771. The summed E-state index contributed by atoms with van der Waals surface area (Å²) in [6, 6.07) is 10.3. The lowest BCUT2D eigenvalue weighted by atomic mass is 10.2. The largest absolute Gasteiger partial charge is 0.373 e. The fourth-order valence-electron chi connectivity index (χ4n) is 2.10. The molecule has 106 valence electrons. The Labute approximate surface area is 120 Å². The van der Waals surface area contributed by atoms with Crippen LogP contribution in [-0.4, -0.2) is 17.0 Å². The molecule has 2 N–H and O–H groups in total. The third-order valence-corrected chi connectivity index (χ3v) is 3.21. The zero-order valence-corrected chi connectivity index (χ0v) is 12.4. The molecule has 0 atom stereocenters. The Kier molecular flexibility index (Phi) is 4.93. The summed E-state index contributed by atoms with van der Waals surface area (Å²) >= 11 is 0. The van der Waals surface area contributed by atoms with Gasteiger partial charge >= 0.3 is 0 Å². The van der Waals surface area contributed by atoms with Crippen LogP contribution in [0.25, 0.3) is 0 Å². The van der Waals surface area contributed by atoms with Crippen LogP contribution >= 0.6 is 0 Å². The molecule has 0 aliphatic carbocycles. The molecule has 4 heteroatoms. The molecule has 0 spiro atoms. The van der Waals surface area contributed by atoms with E-state index in [9.17, 15) is 0 Å². The van der Waals surface area contributed by atoms with Crippen LogP contribution in [0.2, 0.25) is 0 Å². The highest BCUT2D eigenvalue weighted by atomic mass is 15.1. The molecule has 2 aromatic rings. The Hall–Kier alpha value is -2.10. The Morgan fingerprint density at radius 1 is 1.05 bits per heavy atom. The molecule has 0 aliphatic rings. The lowest BCUT2D eigenvalue weighted by Gasteiger charge is -2.13. The minimum atomic E-state index is 0.771. The molecule has 20 heavy (non-hydrogen) atoms. The van der Waals surface area contributed by atoms with Gasteiger partial charge in [-0.15, -0.1) is 0 Å². The van der Waals surface area contributed by atoms with E-state index in [0.717, 1.165) is 42.4 Å². The highest BCUT2D eigenvalue weighted by Crippen LogP contribution is 2.20. The van der Waals surface area contributed by atoms with Crippen LogP contribution in [0.3, 0.4) is 0 Å². The van der Waals surface area contributed by atoms with Crippen LogP contribution in [0.15, 0.2) is 30.3 Å². The predicted octanol–water partition coefficient (Wildman–Crippen LogP) is 3.39. The standard InChI is InChI=1S/C16H22N4/c1-4-8-14-19-15(17-3)12(2)16(20-14)18-11-13-9-6-5-7-10-13/h5-7,9-10H,4,8,11H2,1-3H3,(H2,17,18,19,20). The first-order valence-corrected chi connectivity index (χ1v) is 7.07. The fourth-order valence-corrected chi connectivity index (χ4v) is 2.10. The van der Waals surface area contributed by atoms with E-state index in [1.807, 2.05) is 32.2 Å². The Morgan fingerprint density at radius 2 is 1.75 bits per heavy atom. The molecular formula is C16H22N4. The van der Waals surface area contributed by atoms with E-state index in [-0.39, 0.29) is 0 Å². The van der Waals surface area contributed by atoms with Crippen molar-refractivity contribution in [3.63, 3.8) is 0 Å². The molecular weight excluding hydrogens is 248 g/mol. The van der Waals surface area contributed by atoms with Crippen molar-refractivity contribution in [1.82, 2.24) is 9.97 Å². The summed E-state index contributed by atoms with van der Waals surface area (Å²) < 4.78 is 0. The first kappa shape index (κ1) is 14.3. The van der Waals surface area contributed by atoms with Crippen molar-refractivity contribution in [2.45, 2.75) is 33.2 Å². The molecule has 1 aromatic heterocycles. The van der Waals surface area contributed by atoms with E-state index >= 15 is 0 Å². The predicted molar refractivity (Wildman–Crippen MR) is 84.1 cm³/mol. The lowest BCUT2D eigenvalue weighted by Crippen LogP contribution is -2.09. The minimum Gasteiger partial charge on any atom is -0.373 e. The van der Waals surface area contributed by atoms with Gasteiger partial charge in [0.2, 0.25) is 0 Å². The third kappa shape index (κ3) is 3.47. The van der Waals surface area contributed by atoms with Gasteiger partial charge in [-0.05, 0) is 18.9 Å². The second-order valence-corrected chi connectivity index (χ2v) is 4.80. The van der Waals surface area contributed by atoms with Gasteiger partial charge in [0, 0.05) is 25.6 Å². The summed E-state index contributed by atoms with van der Waals surface area (Å²) in [4.78, 5) is 9.16. The van der Waals surface area contributed by atoms with Crippen LogP contribution in [-0.2, 0) is 13.0 Å². The number of aromatic nitrogens is 2. The van der Waals surface area contributed by atoms with E-state index in [1.165, 1.54) is 5.56 Å². The van der Waals surface area contributed by atoms with Crippen LogP contribution < -0.4 is 10.6 Å². The monoisotopic (exact) mass is 270 g/mol. The summed E-state index contributed by atoms with van der Waals surface area (Å²) in [6.07, 6.45) is 1.94. The van der Waals surface area contributed by atoms with Gasteiger partial charge < -0.3 is 10.6 Å². The fraction of sp³-hybridized carbons (Fsp3) is 0.375. The smallest absolute Gasteiger partial charge is 0.135 e. The highest BCUT2D eigenvalue weighted by Gasteiger charge is 2.09. The number of hydrogen-bond donors (Lipinski definition) is 2. The Bertz CT molecular complexity index is 552. The molecule has 4 nitrogen and oxygen atoms in total. The third-order valence-electron chi connectivity index (χ3n) is 3.21. The molecule has 0 unspecified atom stereocenters. The summed E-state index contributed by atoms with van der Waals surface area (Å²) in [5, 5.41) is 6.55. The SMILES string of the molecule is CCCc1nc(NC)c(C)c(NCc2ccccc2)n1. The molecule has 0 fully saturated rings. The van der Waals surface area contributed by atoms with Gasteiger partial charge in [0.05, 0.1) is 0 Å². The molecule has 0 amide bonds. The van der Waals surface area contributed by atoms with Crippen LogP contribution in [0.1, 0.15) is 30.3 Å². The van der Waals surface area contributed by atoms with E-state index in [1.54, 1.807) is 0 Å². The van der Waals surface area contributed by atoms with Crippen LogP contribution in [0.4, 0.5) is 11.6 Å². The second-order valence-electron chi connectivity index (χ2n) is 4.80. The molecule has 0 bridgehead atoms. The number of benzene rings is 1.